The maximum absolute atomic E-state index is 6.00. The van der Waals surface area contributed by atoms with Crippen LogP contribution in [0.3, 0.4) is 0 Å². The first-order valence-corrected chi connectivity index (χ1v) is 7.42. The van der Waals surface area contributed by atoms with Crippen molar-refractivity contribution in [3.05, 3.63) is 0 Å². The average molecular weight is 241 g/mol. The van der Waals surface area contributed by atoms with Gasteiger partial charge < -0.3 is 10.1 Å². The first-order valence-electron chi connectivity index (χ1n) is 7.42. The molecule has 1 N–H and O–H groups in total. The minimum atomic E-state index is 0.398. The van der Waals surface area contributed by atoms with Crippen molar-refractivity contribution >= 4 is 0 Å². The lowest BCUT2D eigenvalue weighted by atomic mass is 9.84. The molecule has 0 saturated heterocycles. The number of likely N-dealkylation sites (N-methyl/N-ethyl adjacent to an activating group) is 1. The summed E-state index contributed by atoms with van der Waals surface area (Å²) in [6.45, 7) is 7.61. The van der Waals surface area contributed by atoms with Crippen LogP contribution in [0.2, 0.25) is 0 Å². The van der Waals surface area contributed by atoms with Crippen molar-refractivity contribution in [1.29, 1.82) is 0 Å². The van der Waals surface area contributed by atoms with E-state index >= 15 is 0 Å². The molecule has 2 heteroatoms. The van der Waals surface area contributed by atoms with Gasteiger partial charge in [-0.2, -0.15) is 0 Å². The fourth-order valence-electron chi connectivity index (χ4n) is 2.99. The molecule has 0 radical (unpaired) electrons. The van der Waals surface area contributed by atoms with Crippen molar-refractivity contribution < 1.29 is 4.74 Å². The summed E-state index contributed by atoms with van der Waals surface area (Å²) >= 11 is 0. The van der Waals surface area contributed by atoms with Crippen LogP contribution in [0.1, 0.15) is 59.3 Å². The van der Waals surface area contributed by atoms with E-state index in [9.17, 15) is 0 Å². The van der Waals surface area contributed by atoms with Gasteiger partial charge in [0.05, 0.1) is 12.7 Å². The maximum Gasteiger partial charge on any atom is 0.0625 e. The molecule has 0 heterocycles. The zero-order valence-electron chi connectivity index (χ0n) is 12.2. The third-order valence-electron chi connectivity index (χ3n) is 3.95. The number of rotatable bonds is 7. The van der Waals surface area contributed by atoms with E-state index in [4.69, 9.17) is 4.74 Å². The summed E-state index contributed by atoms with van der Waals surface area (Å²) in [6.07, 6.45) is 8.57. The van der Waals surface area contributed by atoms with Crippen LogP contribution in [0.15, 0.2) is 0 Å². The van der Waals surface area contributed by atoms with E-state index in [1.54, 1.807) is 0 Å². The van der Waals surface area contributed by atoms with Crippen molar-refractivity contribution in [3.8, 4) is 0 Å². The highest BCUT2D eigenvalue weighted by molar-refractivity contribution is 4.78. The summed E-state index contributed by atoms with van der Waals surface area (Å²) in [5.74, 6) is 1.56. The molecule has 0 spiro atoms. The van der Waals surface area contributed by atoms with Crippen LogP contribution in [-0.2, 0) is 4.74 Å². The van der Waals surface area contributed by atoms with Gasteiger partial charge >= 0.3 is 0 Å². The zero-order valence-corrected chi connectivity index (χ0v) is 12.2. The molecule has 0 aromatic carbocycles. The largest absolute Gasteiger partial charge is 0.377 e. The average Bonchev–Trinajstić information content (AvgIpc) is 2.30. The third kappa shape index (κ3) is 5.87. The summed E-state index contributed by atoms with van der Waals surface area (Å²) < 4.78 is 6.00. The number of hydrogen-bond donors (Lipinski definition) is 1. The maximum atomic E-state index is 6.00. The van der Waals surface area contributed by atoms with Crippen LogP contribution in [0, 0.1) is 11.8 Å². The standard InChI is InChI=1S/C15H31NO/c1-12(2)10-13(3)17-11-15(16-4)14-8-6-5-7-9-14/h12-16H,5-11H2,1-4H3. The second kappa shape index (κ2) is 8.10. The van der Waals surface area contributed by atoms with Gasteiger partial charge in [-0.25, -0.2) is 0 Å². The van der Waals surface area contributed by atoms with Crippen molar-refractivity contribution in [2.75, 3.05) is 13.7 Å². The van der Waals surface area contributed by atoms with E-state index < -0.39 is 0 Å². The zero-order chi connectivity index (χ0) is 12.7. The van der Waals surface area contributed by atoms with Crippen LogP contribution in [0.5, 0.6) is 0 Å². The highest BCUT2D eigenvalue weighted by Crippen LogP contribution is 2.26. The molecule has 102 valence electrons. The molecular weight excluding hydrogens is 210 g/mol. The highest BCUT2D eigenvalue weighted by Gasteiger charge is 2.23. The van der Waals surface area contributed by atoms with Crippen molar-refractivity contribution in [2.45, 2.75) is 71.4 Å². The predicted molar refractivity (Wildman–Crippen MR) is 74.3 cm³/mol. The van der Waals surface area contributed by atoms with Gasteiger partial charge in [-0.15, -0.1) is 0 Å². The fourth-order valence-corrected chi connectivity index (χ4v) is 2.99. The minimum Gasteiger partial charge on any atom is -0.377 e. The Morgan fingerprint density at radius 1 is 1.12 bits per heavy atom. The van der Waals surface area contributed by atoms with Crippen LogP contribution < -0.4 is 5.32 Å². The number of nitrogens with one attached hydrogen (secondary N) is 1. The molecule has 0 amide bonds. The molecule has 1 aliphatic carbocycles. The third-order valence-corrected chi connectivity index (χ3v) is 3.95. The Labute approximate surface area is 108 Å². The summed E-state index contributed by atoms with van der Waals surface area (Å²) in [6, 6.07) is 0.560. The van der Waals surface area contributed by atoms with Gasteiger partial charge in [0.25, 0.3) is 0 Å². The van der Waals surface area contributed by atoms with Crippen LogP contribution in [0.25, 0.3) is 0 Å². The molecule has 0 aromatic heterocycles. The molecule has 1 saturated carbocycles. The molecular formula is C15H31NO. The Morgan fingerprint density at radius 2 is 1.76 bits per heavy atom. The molecule has 17 heavy (non-hydrogen) atoms. The van der Waals surface area contributed by atoms with Gasteiger partial charge in [0.15, 0.2) is 0 Å². The van der Waals surface area contributed by atoms with Crippen molar-refractivity contribution in [1.82, 2.24) is 5.32 Å². The lowest BCUT2D eigenvalue weighted by Crippen LogP contribution is -2.39. The molecule has 0 bridgehead atoms. The van der Waals surface area contributed by atoms with Crippen molar-refractivity contribution in [3.63, 3.8) is 0 Å². The molecule has 1 aliphatic rings. The van der Waals surface area contributed by atoms with Crippen LogP contribution in [-0.4, -0.2) is 25.8 Å². The summed E-state index contributed by atoms with van der Waals surface area (Å²) in [4.78, 5) is 0. The van der Waals surface area contributed by atoms with Gasteiger partial charge in [-0.3, -0.25) is 0 Å². The Morgan fingerprint density at radius 3 is 2.29 bits per heavy atom. The molecule has 1 fully saturated rings. The summed E-state index contributed by atoms with van der Waals surface area (Å²) in [5, 5.41) is 3.46. The molecule has 0 aliphatic heterocycles. The van der Waals surface area contributed by atoms with E-state index in [1.807, 2.05) is 0 Å². The second-order valence-corrected chi connectivity index (χ2v) is 6.07. The van der Waals surface area contributed by atoms with Gasteiger partial charge in [-0.1, -0.05) is 33.1 Å². The first kappa shape index (κ1) is 15.0. The Hall–Kier alpha value is -0.0800. The monoisotopic (exact) mass is 241 g/mol. The Bertz CT molecular complexity index is 187. The van der Waals surface area contributed by atoms with E-state index in [0.29, 0.717) is 12.1 Å². The van der Waals surface area contributed by atoms with Crippen LogP contribution >= 0.6 is 0 Å². The SMILES string of the molecule is CNC(COC(C)CC(C)C)C1CCCCC1. The Balaban J connectivity index is 2.25. The quantitative estimate of drug-likeness (QED) is 0.735. The molecule has 2 unspecified atom stereocenters. The lowest BCUT2D eigenvalue weighted by Gasteiger charge is -2.31. The molecule has 2 nitrogen and oxygen atoms in total. The molecule has 2 atom stereocenters. The lowest BCUT2D eigenvalue weighted by molar-refractivity contribution is 0.0242. The molecule has 0 aromatic rings. The number of hydrogen-bond acceptors (Lipinski definition) is 2. The predicted octanol–water partition coefficient (Wildman–Crippen LogP) is 3.61. The smallest absolute Gasteiger partial charge is 0.0625 e. The Kier molecular flexibility index (Phi) is 7.14. The fraction of sp³-hybridized carbons (Fsp3) is 1.00. The minimum absolute atomic E-state index is 0.398. The van der Waals surface area contributed by atoms with Gasteiger partial charge in [0, 0.05) is 6.04 Å². The van der Waals surface area contributed by atoms with E-state index in [-0.39, 0.29) is 0 Å². The van der Waals surface area contributed by atoms with Gasteiger partial charge in [0.2, 0.25) is 0 Å². The number of ether oxygens (including phenoxy) is 1. The summed E-state index contributed by atoms with van der Waals surface area (Å²) in [5.41, 5.74) is 0. The highest BCUT2D eigenvalue weighted by atomic mass is 16.5. The van der Waals surface area contributed by atoms with Gasteiger partial charge in [0.1, 0.15) is 0 Å². The van der Waals surface area contributed by atoms with Crippen molar-refractivity contribution in [2.24, 2.45) is 11.8 Å². The van der Waals surface area contributed by atoms with Gasteiger partial charge in [-0.05, 0) is 45.1 Å². The van der Waals surface area contributed by atoms with Crippen LogP contribution in [0.4, 0.5) is 0 Å². The second-order valence-electron chi connectivity index (χ2n) is 6.07. The first-order chi connectivity index (χ1) is 8.13. The van der Waals surface area contributed by atoms with E-state index in [1.165, 1.54) is 38.5 Å². The normalized spacial score (nSPS) is 21.7. The topological polar surface area (TPSA) is 21.3 Å². The summed E-state index contributed by atoms with van der Waals surface area (Å²) in [7, 11) is 2.08. The van der Waals surface area contributed by atoms with E-state index in [2.05, 4.69) is 33.1 Å². The molecule has 1 rings (SSSR count). The van der Waals surface area contributed by atoms with E-state index in [0.717, 1.165) is 18.4 Å².